The maximum Gasteiger partial charge on any atom is 0.226 e. The van der Waals surface area contributed by atoms with Crippen LogP contribution in [0, 0.1) is 13.8 Å². The van der Waals surface area contributed by atoms with Crippen LogP contribution in [0.4, 0.5) is 0 Å². The molecule has 1 aromatic carbocycles. The van der Waals surface area contributed by atoms with Gasteiger partial charge in [-0.25, -0.2) is 0 Å². The van der Waals surface area contributed by atoms with Gasteiger partial charge in [0.25, 0.3) is 0 Å². The lowest BCUT2D eigenvalue weighted by Gasteiger charge is -2.09. The second-order valence-electron chi connectivity index (χ2n) is 4.68. The molecule has 3 nitrogen and oxygen atoms in total. The van der Waals surface area contributed by atoms with Gasteiger partial charge >= 0.3 is 0 Å². The zero-order valence-corrected chi connectivity index (χ0v) is 10.7. The number of furan rings is 1. The Kier molecular flexibility index (Phi) is 2.92. The molecule has 0 unspecified atom stereocenters. The number of aryl methyl sites for hydroxylation is 2. The molecule has 0 spiro atoms. The lowest BCUT2D eigenvalue weighted by Crippen LogP contribution is -2.23. The van der Waals surface area contributed by atoms with Gasteiger partial charge in [0.1, 0.15) is 5.58 Å². The van der Waals surface area contributed by atoms with E-state index in [0.29, 0.717) is 6.42 Å². The molecule has 0 saturated carbocycles. The lowest BCUT2D eigenvalue weighted by atomic mass is 10.0. The summed E-state index contributed by atoms with van der Waals surface area (Å²) in [5.74, 6) is 0.0904. The molecule has 3 heteroatoms. The molecule has 2 rings (SSSR count). The average Bonchev–Trinajstić information content (AvgIpc) is 2.60. The molecule has 0 aliphatic carbocycles. The molecule has 0 atom stereocenters. The van der Waals surface area contributed by atoms with Crippen molar-refractivity contribution < 1.29 is 9.21 Å². The Bertz CT molecular complexity index is 567. The monoisotopic (exact) mass is 231 g/mol. The number of amides is 1. The Hall–Kier alpha value is -1.77. The molecule has 1 heterocycles. The summed E-state index contributed by atoms with van der Waals surface area (Å²) in [6.07, 6.45) is 2.09. The zero-order chi connectivity index (χ0) is 12.6. The highest BCUT2D eigenvalue weighted by Gasteiger charge is 2.13. The third-order valence-electron chi connectivity index (χ3n) is 2.93. The first-order chi connectivity index (χ1) is 7.99. The normalized spacial score (nSPS) is 10.8. The van der Waals surface area contributed by atoms with E-state index in [-0.39, 0.29) is 5.91 Å². The van der Waals surface area contributed by atoms with Crippen LogP contribution in [0.25, 0.3) is 11.0 Å². The van der Waals surface area contributed by atoms with E-state index < -0.39 is 0 Å². The van der Waals surface area contributed by atoms with E-state index in [4.69, 9.17) is 4.42 Å². The summed E-state index contributed by atoms with van der Waals surface area (Å²) in [4.78, 5) is 13.3. The van der Waals surface area contributed by atoms with E-state index in [1.165, 1.54) is 5.56 Å². The number of rotatable bonds is 2. The van der Waals surface area contributed by atoms with Gasteiger partial charge in [0.2, 0.25) is 5.91 Å². The first-order valence-electron chi connectivity index (χ1n) is 5.66. The third kappa shape index (κ3) is 2.18. The molecule has 17 heavy (non-hydrogen) atoms. The molecule has 0 radical (unpaired) electrons. The first kappa shape index (κ1) is 11.7. The third-order valence-corrected chi connectivity index (χ3v) is 2.93. The van der Waals surface area contributed by atoms with E-state index in [0.717, 1.165) is 22.1 Å². The number of benzene rings is 1. The van der Waals surface area contributed by atoms with Crippen LogP contribution in [0.5, 0.6) is 0 Å². The number of nitrogens with zero attached hydrogens (tertiary/aromatic N) is 1. The highest BCUT2D eigenvalue weighted by atomic mass is 16.3. The summed E-state index contributed by atoms with van der Waals surface area (Å²) in [5, 5.41) is 1.07. The molecule has 0 aliphatic rings. The molecule has 0 aliphatic heterocycles. The van der Waals surface area contributed by atoms with Crippen LogP contribution >= 0.6 is 0 Å². The predicted octanol–water partition coefficient (Wildman–Crippen LogP) is 2.68. The minimum Gasteiger partial charge on any atom is -0.464 e. The van der Waals surface area contributed by atoms with E-state index >= 15 is 0 Å². The van der Waals surface area contributed by atoms with Gasteiger partial charge in [-0.1, -0.05) is 6.07 Å². The largest absolute Gasteiger partial charge is 0.464 e. The van der Waals surface area contributed by atoms with Crippen LogP contribution in [0.1, 0.15) is 16.7 Å². The van der Waals surface area contributed by atoms with Gasteiger partial charge in [-0.3, -0.25) is 4.79 Å². The van der Waals surface area contributed by atoms with E-state index in [2.05, 4.69) is 13.0 Å². The van der Waals surface area contributed by atoms with Crippen LogP contribution in [0.15, 0.2) is 22.8 Å². The van der Waals surface area contributed by atoms with Gasteiger partial charge < -0.3 is 9.32 Å². The van der Waals surface area contributed by atoms with Crippen molar-refractivity contribution in [2.24, 2.45) is 0 Å². The van der Waals surface area contributed by atoms with Crippen molar-refractivity contribution in [1.29, 1.82) is 0 Å². The molecule has 0 saturated heterocycles. The fourth-order valence-electron chi connectivity index (χ4n) is 2.08. The summed E-state index contributed by atoms with van der Waals surface area (Å²) in [7, 11) is 3.53. The molecule has 1 amide bonds. The Morgan fingerprint density at radius 3 is 2.65 bits per heavy atom. The minimum atomic E-state index is 0.0904. The van der Waals surface area contributed by atoms with Crippen LogP contribution in [-0.2, 0) is 11.2 Å². The van der Waals surface area contributed by atoms with E-state index in [9.17, 15) is 4.79 Å². The fraction of sp³-hybridized carbons (Fsp3) is 0.357. The van der Waals surface area contributed by atoms with Crippen molar-refractivity contribution in [2.45, 2.75) is 20.3 Å². The summed E-state index contributed by atoms with van der Waals surface area (Å²) in [6.45, 7) is 4.09. The topological polar surface area (TPSA) is 33.5 Å². The lowest BCUT2D eigenvalue weighted by molar-refractivity contribution is -0.127. The summed E-state index contributed by atoms with van der Waals surface area (Å²) in [6, 6.07) is 4.12. The molecule has 1 aromatic heterocycles. The smallest absolute Gasteiger partial charge is 0.226 e. The van der Waals surface area contributed by atoms with E-state index in [1.807, 2.05) is 13.0 Å². The van der Waals surface area contributed by atoms with Gasteiger partial charge in [-0.05, 0) is 31.0 Å². The van der Waals surface area contributed by atoms with Gasteiger partial charge in [0.15, 0.2) is 0 Å². The zero-order valence-electron chi connectivity index (χ0n) is 10.7. The number of carbonyl (C=O) groups is 1. The number of likely N-dealkylation sites (N-methyl/N-ethyl adjacent to an activating group) is 1. The van der Waals surface area contributed by atoms with Crippen LogP contribution in [0.2, 0.25) is 0 Å². The molecule has 0 N–H and O–H groups in total. The molecule has 90 valence electrons. The maximum atomic E-state index is 11.7. The van der Waals surface area contributed by atoms with Gasteiger partial charge in [0.05, 0.1) is 12.7 Å². The Morgan fingerprint density at radius 2 is 2.00 bits per heavy atom. The average molecular weight is 231 g/mol. The second kappa shape index (κ2) is 4.24. The number of carbonyl (C=O) groups excluding carboxylic acids is 1. The van der Waals surface area contributed by atoms with Crippen LogP contribution in [0.3, 0.4) is 0 Å². The van der Waals surface area contributed by atoms with Crippen molar-refractivity contribution >= 4 is 16.9 Å². The number of hydrogen-bond acceptors (Lipinski definition) is 2. The second-order valence-corrected chi connectivity index (χ2v) is 4.68. The van der Waals surface area contributed by atoms with Crippen LogP contribution in [-0.4, -0.2) is 24.9 Å². The van der Waals surface area contributed by atoms with Gasteiger partial charge in [0, 0.05) is 25.0 Å². The highest BCUT2D eigenvalue weighted by molar-refractivity contribution is 5.90. The predicted molar refractivity (Wildman–Crippen MR) is 68.1 cm³/mol. The summed E-state index contributed by atoms with van der Waals surface area (Å²) in [5.41, 5.74) is 4.17. The van der Waals surface area contributed by atoms with Crippen LogP contribution < -0.4 is 0 Å². The number of fused-ring (bicyclic) bond motifs is 1. The Morgan fingerprint density at radius 1 is 1.29 bits per heavy atom. The molecular weight excluding hydrogens is 214 g/mol. The van der Waals surface area contributed by atoms with Gasteiger partial charge in [-0.2, -0.15) is 0 Å². The Labute approximate surface area is 101 Å². The quantitative estimate of drug-likeness (QED) is 0.796. The molecular formula is C14H17NO2. The summed E-state index contributed by atoms with van der Waals surface area (Å²) >= 11 is 0. The summed E-state index contributed by atoms with van der Waals surface area (Å²) < 4.78 is 5.52. The van der Waals surface area contributed by atoms with Crippen molar-refractivity contribution in [3.8, 4) is 0 Å². The van der Waals surface area contributed by atoms with Crippen molar-refractivity contribution in [3.05, 3.63) is 35.1 Å². The maximum absolute atomic E-state index is 11.7. The van der Waals surface area contributed by atoms with Crippen molar-refractivity contribution in [2.75, 3.05) is 14.1 Å². The van der Waals surface area contributed by atoms with Gasteiger partial charge in [-0.15, -0.1) is 0 Å². The number of hydrogen-bond donors (Lipinski definition) is 0. The fourth-order valence-corrected chi connectivity index (χ4v) is 2.08. The molecule has 0 bridgehead atoms. The molecule has 2 aromatic rings. The standard InChI is InChI=1S/C14H17NO2/c1-9-5-10(2)14-11(7-13(16)15(3)4)8-17-12(14)6-9/h5-6,8H,7H2,1-4H3. The Balaban J connectivity index is 2.46. The first-order valence-corrected chi connectivity index (χ1v) is 5.66. The van der Waals surface area contributed by atoms with Crippen molar-refractivity contribution in [1.82, 2.24) is 4.90 Å². The SMILES string of the molecule is Cc1cc(C)c2c(CC(=O)N(C)C)coc2c1. The molecule has 0 fully saturated rings. The van der Waals surface area contributed by atoms with E-state index in [1.54, 1.807) is 25.3 Å². The minimum absolute atomic E-state index is 0.0904. The highest BCUT2D eigenvalue weighted by Crippen LogP contribution is 2.26. The van der Waals surface area contributed by atoms with Crippen molar-refractivity contribution in [3.63, 3.8) is 0 Å².